The number of allylic oxidation sites excluding steroid dienone is 2. The molecule has 0 amide bonds. The van der Waals surface area contributed by atoms with Gasteiger partial charge in [0.2, 0.25) is 0 Å². The quantitative estimate of drug-likeness (QED) is 0.315. The number of fused-ring (bicyclic) bond motifs is 1. The van der Waals surface area contributed by atoms with E-state index in [0.29, 0.717) is 0 Å². The molecule has 0 bridgehead atoms. The lowest BCUT2D eigenvalue weighted by molar-refractivity contribution is 0.733. The third kappa shape index (κ3) is 2.69. The third-order valence-corrected chi connectivity index (χ3v) is 7.92. The zero-order valence-electron chi connectivity index (χ0n) is 19.9. The van der Waals surface area contributed by atoms with Crippen molar-refractivity contribution in [2.45, 2.75) is 17.4 Å². The number of pyridine rings is 2. The molecule has 1 saturated carbocycles. The van der Waals surface area contributed by atoms with Gasteiger partial charge in [0.25, 0.3) is 0 Å². The van der Waals surface area contributed by atoms with Gasteiger partial charge in [0.05, 0.1) is 17.4 Å². The van der Waals surface area contributed by atoms with Gasteiger partial charge in [0.15, 0.2) is 11.6 Å². The van der Waals surface area contributed by atoms with Crippen molar-refractivity contribution in [1.29, 1.82) is 0 Å². The Morgan fingerprint density at radius 1 is 0.703 bits per heavy atom. The summed E-state index contributed by atoms with van der Waals surface area (Å²) in [6.45, 7) is 0. The topological polar surface area (TPSA) is 59.7 Å². The molecule has 4 heterocycles. The van der Waals surface area contributed by atoms with E-state index < -0.39 is 0 Å². The zero-order valence-corrected chi connectivity index (χ0v) is 19.9. The molecule has 2 unspecified atom stereocenters. The number of hydrogen-bond acceptors (Lipinski definition) is 5. The minimum Gasteiger partial charge on any atom is -0.315 e. The standard InChI is InChI=1S/C31H22N6/c1-2-9-22(10-3-1)28-34-35-29(23-11-8-18-32-19-23)36(28)24-14-15-27(33-20-24)37-26-13-5-4-12-25(26)30-16-6-7-17-31(30,37)21-30/h1-20H,21H2. The highest BCUT2D eigenvalue weighted by molar-refractivity contribution is 5.84. The number of anilines is 2. The number of aromatic nitrogens is 5. The Bertz CT molecular complexity index is 1650. The van der Waals surface area contributed by atoms with E-state index in [0.717, 1.165) is 40.7 Å². The Labute approximate surface area is 214 Å². The molecule has 0 saturated heterocycles. The van der Waals surface area contributed by atoms with E-state index in [-0.39, 0.29) is 11.0 Å². The first-order valence-electron chi connectivity index (χ1n) is 12.5. The Hall–Kier alpha value is -4.84. The van der Waals surface area contributed by atoms with Crippen molar-refractivity contribution in [2.24, 2.45) is 0 Å². The summed E-state index contributed by atoms with van der Waals surface area (Å²) in [7, 11) is 0. The molecule has 3 aliphatic rings. The lowest BCUT2D eigenvalue weighted by atomic mass is 9.90. The summed E-state index contributed by atoms with van der Waals surface area (Å²) < 4.78 is 2.06. The molecule has 1 aliphatic heterocycles. The highest BCUT2D eigenvalue weighted by atomic mass is 15.3. The van der Waals surface area contributed by atoms with Crippen LogP contribution in [-0.4, -0.2) is 30.3 Å². The van der Waals surface area contributed by atoms with Crippen LogP contribution in [-0.2, 0) is 5.41 Å². The highest BCUT2D eigenvalue weighted by Gasteiger charge is 2.74. The van der Waals surface area contributed by atoms with Gasteiger partial charge in [0, 0.05) is 34.6 Å². The number of hydrogen-bond donors (Lipinski definition) is 0. The molecule has 6 nitrogen and oxygen atoms in total. The lowest BCUT2D eigenvalue weighted by Crippen LogP contribution is -2.33. The van der Waals surface area contributed by atoms with Gasteiger partial charge in [-0.05, 0) is 42.3 Å². The number of benzene rings is 2. The largest absolute Gasteiger partial charge is 0.315 e. The number of nitrogens with zero attached hydrogens (tertiary/aromatic N) is 6. The summed E-state index contributed by atoms with van der Waals surface area (Å²) >= 11 is 0. The molecular weight excluding hydrogens is 456 g/mol. The maximum absolute atomic E-state index is 5.02. The Kier molecular flexibility index (Phi) is 4.04. The van der Waals surface area contributed by atoms with Gasteiger partial charge in [-0.1, -0.05) is 72.8 Å². The fourth-order valence-electron chi connectivity index (χ4n) is 6.21. The molecule has 2 atom stereocenters. The van der Waals surface area contributed by atoms with E-state index in [4.69, 9.17) is 4.98 Å². The van der Waals surface area contributed by atoms with Crippen LogP contribution >= 0.6 is 0 Å². The van der Waals surface area contributed by atoms with Crippen molar-refractivity contribution in [2.75, 3.05) is 4.90 Å². The first kappa shape index (κ1) is 20.4. The predicted octanol–water partition coefficient (Wildman–Crippen LogP) is 6.05. The molecule has 2 aromatic carbocycles. The van der Waals surface area contributed by atoms with Crippen molar-refractivity contribution >= 4 is 11.5 Å². The molecule has 37 heavy (non-hydrogen) atoms. The average Bonchev–Trinajstić information content (AvgIpc) is 3.35. The molecule has 0 N–H and O–H groups in total. The summed E-state index contributed by atoms with van der Waals surface area (Å²) in [6.07, 6.45) is 15.6. The van der Waals surface area contributed by atoms with Crippen LogP contribution in [0.1, 0.15) is 12.0 Å². The molecule has 8 rings (SSSR count). The first-order valence-corrected chi connectivity index (χ1v) is 12.5. The van der Waals surface area contributed by atoms with Gasteiger partial charge in [-0.3, -0.25) is 9.55 Å². The van der Waals surface area contributed by atoms with Crippen molar-refractivity contribution < 1.29 is 0 Å². The molecule has 2 aliphatic carbocycles. The Morgan fingerprint density at radius 2 is 1.49 bits per heavy atom. The Morgan fingerprint density at radius 3 is 2.30 bits per heavy atom. The molecule has 1 fully saturated rings. The van der Waals surface area contributed by atoms with Crippen LogP contribution < -0.4 is 4.90 Å². The van der Waals surface area contributed by atoms with E-state index in [1.54, 1.807) is 6.20 Å². The molecule has 176 valence electrons. The molecule has 3 aromatic heterocycles. The third-order valence-electron chi connectivity index (χ3n) is 7.92. The van der Waals surface area contributed by atoms with Gasteiger partial charge in [-0.2, -0.15) is 0 Å². The van der Waals surface area contributed by atoms with Crippen LogP contribution in [0.3, 0.4) is 0 Å². The van der Waals surface area contributed by atoms with Crippen molar-refractivity contribution in [3.8, 4) is 28.5 Å². The van der Waals surface area contributed by atoms with Crippen LogP contribution in [0.15, 0.2) is 122 Å². The number of rotatable bonds is 4. The summed E-state index contributed by atoms with van der Waals surface area (Å²) in [4.78, 5) is 11.7. The van der Waals surface area contributed by atoms with E-state index >= 15 is 0 Å². The highest BCUT2D eigenvalue weighted by Crippen LogP contribution is 2.72. The summed E-state index contributed by atoms with van der Waals surface area (Å²) in [5.41, 5.74) is 5.37. The lowest BCUT2D eigenvalue weighted by Gasteiger charge is -2.29. The van der Waals surface area contributed by atoms with Crippen LogP contribution in [0.4, 0.5) is 11.5 Å². The summed E-state index contributed by atoms with van der Waals surface area (Å²) in [5, 5.41) is 9.13. The second-order valence-corrected chi connectivity index (χ2v) is 9.81. The summed E-state index contributed by atoms with van der Waals surface area (Å²) in [5.74, 6) is 2.43. The monoisotopic (exact) mass is 478 g/mol. The predicted molar refractivity (Wildman–Crippen MR) is 144 cm³/mol. The van der Waals surface area contributed by atoms with E-state index in [1.807, 2.05) is 54.9 Å². The maximum atomic E-state index is 5.02. The van der Waals surface area contributed by atoms with Gasteiger partial charge >= 0.3 is 0 Å². The van der Waals surface area contributed by atoms with Crippen LogP contribution in [0.2, 0.25) is 0 Å². The normalized spacial score (nSPS) is 22.4. The van der Waals surface area contributed by atoms with Crippen LogP contribution in [0.5, 0.6) is 0 Å². The second-order valence-electron chi connectivity index (χ2n) is 9.81. The van der Waals surface area contributed by atoms with Gasteiger partial charge < -0.3 is 4.90 Å². The average molecular weight is 479 g/mol. The molecule has 6 heteroatoms. The van der Waals surface area contributed by atoms with Crippen LogP contribution in [0, 0.1) is 0 Å². The second kappa shape index (κ2) is 7.34. The van der Waals surface area contributed by atoms with Gasteiger partial charge in [-0.15, -0.1) is 10.2 Å². The fraction of sp³-hybridized carbons (Fsp3) is 0.0968. The molecule has 0 spiro atoms. The van der Waals surface area contributed by atoms with Crippen LogP contribution in [0.25, 0.3) is 28.5 Å². The zero-order chi connectivity index (χ0) is 24.5. The SMILES string of the molecule is C1=CC23CC2(C=C1)N(c1ccc(-n2c(-c4ccccc4)nnc2-c2cccnc2)cn1)c1ccccc13. The minimum absolute atomic E-state index is 0.0426. The molecular formula is C31H22N6. The minimum atomic E-state index is -0.0768. The Balaban J connectivity index is 1.26. The van der Waals surface area contributed by atoms with Gasteiger partial charge in [-0.25, -0.2) is 4.98 Å². The number of para-hydroxylation sites is 1. The van der Waals surface area contributed by atoms with E-state index in [1.165, 1.54) is 11.3 Å². The molecule has 5 aromatic rings. The first-order chi connectivity index (χ1) is 18.3. The van der Waals surface area contributed by atoms with E-state index in [2.05, 4.69) is 85.4 Å². The van der Waals surface area contributed by atoms with Crippen molar-refractivity contribution in [3.63, 3.8) is 0 Å². The summed E-state index contributed by atoms with van der Waals surface area (Å²) in [6, 6.07) is 27.0. The van der Waals surface area contributed by atoms with Gasteiger partial charge in [0.1, 0.15) is 5.82 Å². The fourth-order valence-corrected chi connectivity index (χ4v) is 6.21. The van der Waals surface area contributed by atoms with E-state index in [9.17, 15) is 0 Å². The van der Waals surface area contributed by atoms with Crippen molar-refractivity contribution in [3.05, 3.63) is 127 Å². The maximum Gasteiger partial charge on any atom is 0.170 e. The van der Waals surface area contributed by atoms with Crippen molar-refractivity contribution in [1.82, 2.24) is 24.7 Å². The molecule has 0 radical (unpaired) electrons. The smallest absolute Gasteiger partial charge is 0.170 e.